The van der Waals surface area contributed by atoms with Crippen molar-refractivity contribution in [3.63, 3.8) is 0 Å². The van der Waals surface area contributed by atoms with Crippen molar-refractivity contribution >= 4 is 11.6 Å². The van der Waals surface area contributed by atoms with E-state index in [9.17, 15) is 4.39 Å². The molecule has 15 heavy (non-hydrogen) atoms. The summed E-state index contributed by atoms with van der Waals surface area (Å²) in [5.74, 6) is 0.309. The van der Waals surface area contributed by atoms with E-state index in [4.69, 9.17) is 11.6 Å². The molecule has 1 N–H and O–H groups in total. The van der Waals surface area contributed by atoms with Gasteiger partial charge in [-0.25, -0.2) is 4.39 Å². The molecular weight excluding hydrogens is 213 g/mol. The monoisotopic (exact) mass is 229 g/mol. The Bertz CT molecular complexity index is 314. The Morgan fingerprint density at radius 1 is 1.47 bits per heavy atom. The van der Waals surface area contributed by atoms with E-state index in [0.29, 0.717) is 5.92 Å². The Hall–Kier alpha value is -0.600. The minimum atomic E-state index is -0.359. The zero-order chi connectivity index (χ0) is 11.3. The average Bonchev–Trinajstić information content (AvgIpc) is 2.23. The average molecular weight is 230 g/mol. The van der Waals surface area contributed by atoms with Gasteiger partial charge in [0.15, 0.2) is 0 Å². The van der Waals surface area contributed by atoms with Crippen LogP contribution in [0.2, 0.25) is 5.02 Å². The van der Waals surface area contributed by atoms with Crippen molar-refractivity contribution in [2.24, 2.45) is 5.92 Å². The zero-order valence-corrected chi connectivity index (χ0v) is 9.94. The normalized spacial score (nSPS) is 12.8. The molecule has 1 aromatic carbocycles. The van der Waals surface area contributed by atoms with Crippen LogP contribution in [0.1, 0.15) is 25.8 Å². The second-order valence-corrected chi connectivity index (χ2v) is 4.30. The van der Waals surface area contributed by atoms with E-state index in [1.165, 1.54) is 6.07 Å². The molecule has 0 aliphatic carbocycles. The van der Waals surface area contributed by atoms with Gasteiger partial charge in [0.25, 0.3) is 0 Å². The van der Waals surface area contributed by atoms with Crippen molar-refractivity contribution in [2.45, 2.75) is 26.8 Å². The molecule has 0 bridgehead atoms. The van der Waals surface area contributed by atoms with Crippen LogP contribution in [0.15, 0.2) is 18.2 Å². The highest BCUT2D eigenvalue weighted by Crippen LogP contribution is 2.15. The van der Waals surface area contributed by atoms with Gasteiger partial charge in [-0.15, -0.1) is 0 Å². The number of hydrogen-bond acceptors (Lipinski definition) is 1. The van der Waals surface area contributed by atoms with Crippen LogP contribution in [0.3, 0.4) is 0 Å². The topological polar surface area (TPSA) is 12.0 Å². The maximum atomic E-state index is 12.9. The van der Waals surface area contributed by atoms with Crippen LogP contribution in [-0.4, -0.2) is 6.54 Å². The maximum absolute atomic E-state index is 12.9. The lowest BCUT2D eigenvalue weighted by atomic mass is 10.1. The van der Waals surface area contributed by atoms with Crippen molar-refractivity contribution in [3.8, 4) is 0 Å². The lowest BCUT2D eigenvalue weighted by molar-refractivity contribution is 0.499. The summed E-state index contributed by atoms with van der Waals surface area (Å²) in [6.07, 6.45) is 1.16. The predicted octanol–water partition coefficient (Wildman–Crippen LogP) is 3.61. The van der Waals surface area contributed by atoms with E-state index in [0.717, 1.165) is 25.1 Å². The van der Waals surface area contributed by atoms with Crippen molar-refractivity contribution < 1.29 is 4.39 Å². The summed E-state index contributed by atoms with van der Waals surface area (Å²) in [7, 11) is 0. The van der Waals surface area contributed by atoms with Crippen molar-refractivity contribution in [3.05, 3.63) is 34.6 Å². The quantitative estimate of drug-likeness (QED) is 0.813. The minimum Gasteiger partial charge on any atom is -0.312 e. The second kappa shape index (κ2) is 6.09. The Morgan fingerprint density at radius 3 is 2.80 bits per heavy atom. The molecule has 0 heterocycles. The standard InChI is InChI=1S/C12H17ClFN/c1-3-9(2)7-15-8-10-4-5-12(14)11(13)6-10/h4-6,9,15H,3,7-8H2,1-2H3/t9-/m1/s1. The molecular formula is C12H17ClFN. The first-order valence-electron chi connectivity index (χ1n) is 5.28. The van der Waals surface area contributed by atoms with Gasteiger partial charge in [-0.2, -0.15) is 0 Å². The van der Waals surface area contributed by atoms with Gasteiger partial charge < -0.3 is 5.32 Å². The molecule has 0 amide bonds. The third-order valence-electron chi connectivity index (χ3n) is 2.50. The van der Waals surface area contributed by atoms with E-state index in [1.807, 2.05) is 0 Å². The fourth-order valence-corrected chi connectivity index (χ4v) is 1.46. The van der Waals surface area contributed by atoms with Crippen molar-refractivity contribution in [1.82, 2.24) is 5.32 Å². The van der Waals surface area contributed by atoms with Crippen LogP contribution in [0.5, 0.6) is 0 Å². The number of halogens is 2. The summed E-state index contributed by atoms with van der Waals surface area (Å²) >= 11 is 5.68. The van der Waals surface area contributed by atoms with Gasteiger partial charge in [0.2, 0.25) is 0 Å². The molecule has 0 saturated heterocycles. The summed E-state index contributed by atoms with van der Waals surface area (Å²) < 4.78 is 12.9. The highest BCUT2D eigenvalue weighted by Gasteiger charge is 2.01. The van der Waals surface area contributed by atoms with Crippen LogP contribution in [0.4, 0.5) is 4.39 Å². The fraction of sp³-hybridized carbons (Fsp3) is 0.500. The molecule has 0 aliphatic heterocycles. The lowest BCUT2D eigenvalue weighted by Crippen LogP contribution is -2.20. The van der Waals surface area contributed by atoms with E-state index in [-0.39, 0.29) is 10.8 Å². The molecule has 0 saturated carbocycles. The Labute approximate surface area is 95.6 Å². The molecule has 1 aromatic rings. The molecule has 0 spiro atoms. The lowest BCUT2D eigenvalue weighted by Gasteiger charge is -2.10. The zero-order valence-electron chi connectivity index (χ0n) is 9.19. The number of hydrogen-bond donors (Lipinski definition) is 1. The molecule has 0 radical (unpaired) electrons. The molecule has 0 fully saturated rings. The smallest absolute Gasteiger partial charge is 0.141 e. The highest BCUT2D eigenvalue weighted by atomic mass is 35.5. The molecule has 0 aliphatic rings. The Morgan fingerprint density at radius 2 is 2.20 bits per heavy atom. The van der Waals surface area contributed by atoms with E-state index >= 15 is 0 Å². The molecule has 0 unspecified atom stereocenters. The third kappa shape index (κ3) is 4.18. The Kier molecular flexibility index (Phi) is 5.06. The number of benzene rings is 1. The van der Waals surface area contributed by atoms with E-state index < -0.39 is 0 Å². The molecule has 0 aromatic heterocycles. The first-order valence-corrected chi connectivity index (χ1v) is 5.66. The van der Waals surface area contributed by atoms with Gasteiger partial charge in [0.05, 0.1) is 5.02 Å². The highest BCUT2D eigenvalue weighted by molar-refractivity contribution is 6.30. The molecule has 1 atom stereocenters. The maximum Gasteiger partial charge on any atom is 0.141 e. The van der Waals surface area contributed by atoms with Crippen molar-refractivity contribution in [2.75, 3.05) is 6.54 Å². The molecule has 3 heteroatoms. The third-order valence-corrected chi connectivity index (χ3v) is 2.79. The number of rotatable bonds is 5. The van der Waals surface area contributed by atoms with Crippen LogP contribution in [0.25, 0.3) is 0 Å². The minimum absolute atomic E-state index is 0.192. The summed E-state index contributed by atoms with van der Waals surface area (Å²) in [6, 6.07) is 4.83. The first-order chi connectivity index (χ1) is 7.13. The summed E-state index contributed by atoms with van der Waals surface area (Å²) in [6.45, 7) is 6.08. The SMILES string of the molecule is CC[C@@H](C)CNCc1ccc(F)c(Cl)c1. The summed E-state index contributed by atoms with van der Waals surface area (Å²) in [5.41, 5.74) is 1.02. The predicted molar refractivity (Wildman–Crippen MR) is 62.6 cm³/mol. The van der Waals surface area contributed by atoms with Gasteiger partial charge in [-0.05, 0) is 30.2 Å². The molecule has 1 rings (SSSR count). The Balaban J connectivity index is 2.41. The van der Waals surface area contributed by atoms with Crippen molar-refractivity contribution in [1.29, 1.82) is 0 Å². The van der Waals surface area contributed by atoms with E-state index in [1.54, 1.807) is 12.1 Å². The van der Waals surface area contributed by atoms with Gasteiger partial charge in [-0.3, -0.25) is 0 Å². The largest absolute Gasteiger partial charge is 0.312 e. The molecule has 84 valence electrons. The van der Waals surface area contributed by atoms with Crippen LogP contribution in [0, 0.1) is 11.7 Å². The fourth-order valence-electron chi connectivity index (χ4n) is 1.26. The first kappa shape index (κ1) is 12.5. The van der Waals surface area contributed by atoms with Gasteiger partial charge in [0, 0.05) is 6.54 Å². The van der Waals surface area contributed by atoms with Crippen LogP contribution < -0.4 is 5.32 Å². The summed E-state index contributed by atoms with van der Waals surface area (Å²) in [5, 5.41) is 3.51. The summed E-state index contributed by atoms with van der Waals surface area (Å²) in [4.78, 5) is 0. The van der Waals surface area contributed by atoms with Gasteiger partial charge in [0.1, 0.15) is 5.82 Å². The van der Waals surface area contributed by atoms with E-state index in [2.05, 4.69) is 19.2 Å². The molecule has 1 nitrogen and oxygen atoms in total. The van der Waals surface area contributed by atoms with Gasteiger partial charge >= 0.3 is 0 Å². The van der Waals surface area contributed by atoms with Crippen LogP contribution >= 0.6 is 11.6 Å². The van der Waals surface area contributed by atoms with Crippen LogP contribution in [-0.2, 0) is 6.54 Å². The second-order valence-electron chi connectivity index (χ2n) is 3.89. The number of nitrogens with one attached hydrogen (secondary N) is 1. The van der Waals surface area contributed by atoms with Gasteiger partial charge in [-0.1, -0.05) is 37.9 Å².